The summed E-state index contributed by atoms with van der Waals surface area (Å²) in [6.45, 7) is 0.686. The molecule has 7 nitrogen and oxygen atoms in total. The summed E-state index contributed by atoms with van der Waals surface area (Å²) in [5.74, 6) is 1.26. The lowest BCUT2D eigenvalue weighted by Gasteiger charge is -2.07. The van der Waals surface area contributed by atoms with Crippen LogP contribution in [0, 0.1) is 15.5 Å². The molecular weight excluding hydrogens is 242 g/mol. The Kier molecular flexibility index (Phi) is 8.94. The van der Waals surface area contributed by atoms with Crippen molar-refractivity contribution in [3.05, 3.63) is 22.1 Å². The van der Waals surface area contributed by atoms with Gasteiger partial charge < -0.3 is 16.4 Å². The number of hydrogen-bond donors (Lipinski definition) is 4. The highest BCUT2D eigenvalue weighted by Gasteiger charge is 1.99. The SMILES string of the molecule is CNC(=C[N+](=O)[O-])NCCCCCSC(=N)N. The summed E-state index contributed by atoms with van der Waals surface area (Å²) < 4.78 is 0. The van der Waals surface area contributed by atoms with Crippen molar-refractivity contribution in [1.29, 1.82) is 5.41 Å². The van der Waals surface area contributed by atoms with Crippen molar-refractivity contribution in [2.75, 3.05) is 19.3 Å². The first-order chi connectivity index (χ1) is 8.06. The Morgan fingerprint density at radius 1 is 1.53 bits per heavy atom. The van der Waals surface area contributed by atoms with E-state index in [4.69, 9.17) is 11.1 Å². The fourth-order valence-electron chi connectivity index (χ4n) is 1.11. The van der Waals surface area contributed by atoms with E-state index in [1.54, 1.807) is 7.05 Å². The maximum absolute atomic E-state index is 10.2. The Hall–Kier alpha value is -1.44. The van der Waals surface area contributed by atoms with Gasteiger partial charge in [0.15, 0.2) is 11.0 Å². The van der Waals surface area contributed by atoms with Gasteiger partial charge in [0.2, 0.25) is 0 Å². The second kappa shape index (κ2) is 9.76. The molecule has 98 valence electrons. The zero-order valence-corrected chi connectivity index (χ0v) is 10.7. The van der Waals surface area contributed by atoms with E-state index in [1.807, 2.05) is 0 Å². The fourth-order valence-corrected chi connectivity index (χ4v) is 1.68. The lowest BCUT2D eigenvalue weighted by Crippen LogP contribution is -2.25. The molecule has 0 atom stereocenters. The van der Waals surface area contributed by atoms with E-state index < -0.39 is 4.92 Å². The summed E-state index contributed by atoms with van der Waals surface area (Å²) in [5, 5.41) is 23.0. The van der Waals surface area contributed by atoms with Crippen molar-refractivity contribution >= 4 is 16.9 Å². The van der Waals surface area contributed by atoms with E-state index in [-0.39, 0.29) is 5.17 Å². The van der Waals surface area contributed by atoms with Crippen LogP contribution in [0.2, 0.25) is 0 Å². The molecule has 0 aliphatic heterocycles. The molecule has 0 rings (SSSR count). The highest BCUT2D eigenvalue weighted by atomic mass is 32.2. The van der Waals surface area contributed by atoms with Crippen LogP contribution in [0.5, 0.6) is 0 Å². The van der Waals surface area contributed by atoms with E-state index in [2.05, 4.69) is 10.6 Å². The van der Waals surface area contributed by atoms with Crippen molar-refractivity contribution in [2.24, 2.45) is 5.73 Å². The van der Waals surface area contributed by atoms with Crippen molar-refractivity contribution in [1.82, 2.24) is 10.6 Å². The Balaban J connectivity index is 3.50. The van der Waals surface area contributed by atoms with Gasteiger partial charge >= 0.3 is 0 Å². The molecule has 17 heavy (non-hydrogen) atoms. The quantitative estimate of drug-likeness (QED) is 0.159. The maximum atomic E-state index is 10.2. The number of nitro groups is 1. The third-order valence-corrected chi connectivity index (χ3v) is 2.70. The summed E-state index contributed by atoms with van der Waals surface area (Å²) in [6.07, 6.45) is 3.82. The van der Waals surface area contributed by atoms with Crippen molar-refractivity contribution in [3.8, 4) is 0 Å². The lowest BCUT2D eigenvalue weighted by molar-refractivity contribution is -0.404. The van der Waals surface area contributed by atoms with Gasteiger partial charge in [-0.15, -0.1) is 0 Å². The normalized spacial score (nSPS) is 11.0. The van der Waals surface area contributed by atoms with E-state index in [1.165, 1.54) is 11.8 Å². The lowest BCUT2D eigenvalue weighted by atomic mass is 10.2. The average molecular weight is 261 g/mol. The van der Waals surface area contributed by atoms with E-state index in [0.29, 0.717) is 12.4 Å². The van der Waals surface area contributed by atoms with Gasteiger partial charge in [0.1, 0.15) is 0 Å². The van der Waals surface area contributed by atoms with Crippen molar-refractivity contribution in [3.63, 3.8) is 0 Å². The molecule has 0 amide bonds. The largest absolute Gasteiger partial charge is 0.379 e. The predicted molar refractivity (Wildman–Crippen MR) is 70.4 cm³/mol. The Labute approximate surface area is 105 Å². The molecule has 8 heteroatoms. The Bertz CT molecular complexity index is 283. The smallest absolute Gasteiger partial charge is 0.274 e. The molecule has 0 heterocycles. The predicted octanol–water partition coefficient (Wildman–Crippen LogP) is 0.668. The Morgan fingerprint density at radius 3 is 2.76 bits per heavy atom. The minimum Gasteiger partial charge on any atom is -0.379 e. The zero-order chi connectivity index (χ0) is 13.1. The topological polar surface area (TPSA) is 117 Å². The van der Waals surface area contributed by atoms with Crippen molar-refractivity contribution in [2.45, 2.75) is 19.3 Å². The number of nitrogens with two attached hydrogens (primary N) is 1. The minimum absolute atomic E-state index is 0.148. The van der Waals surface area contributed by atoms with E-state index in [9.17, 15) is 10.1 Å². The van der Waals surface area contributed by atoms with Gasteiger partial charge in [-0.2, -0.15) is 0 Å². The second-order valence-electron chi connectivity index (χ2n) is 3.28. The number of unbranched alkanes of at least 4 members (excludes halogenated alkanes) is 2. The number of nitrogens with zero attached hydrogens (tertiary/aromatic N) is 1. The molecule has 0 aliphatic rings. The van der Waals surface area contributed by atoms with Crippen LogP contribution < -0.4 is 16.4 Å². The summed E-state index contributed by atoms with van der Waals surface area (Å²) >= 11 is 1.34. The van der Waals surface area contributed by atoms with Crippen LogP contribution in [0.15, 0.2) is 12.0 Å². The molecule has 5 N–H and O–H groups in total. The van der Waals surface area contributed by atoms with Crippen LogP contribution in [0.4, 0.5) is 0 Å². The van der Waals surface area contributed by atoms with Gasteiger partial charge in [0.25, 0.3) is 6.20 Å². The van der Waals surface area contributed by atoms with Gasteiger partial charge in [-0.1, -0.05) is 18.2 Å². The summed E-state index contributed by atoms with van der Waals surface area (Å²) in [6, 6.07) is 0. The van der Waals surface area contributed by atoms with Gasteiger partial charge in [0, 0.05) is 19.3 Å². The zero-order valence-electron chi connectivity index (χ0n) is 9.86. The first kappa shape index (κ1) is 15.6. The molecule has 0 saturated carbocycles. The first-order valence-electron chi connectivity index (χ1n) is 5.30. The number of hydrogen-bond acceptors (Lipinski definition) is 6. The van der Waals surface area contributed by atoms with Gasteiger partial charge in [-0.25, -0.2) is 0 Å². The van der Waals surface area contributed by atoms with Crippen LogP contribution in [0.3, 0.4) is 0 Å². The molecule has 0 spiro atoms. The molecule has 0 aromatic carbocycles. The highest BCUT2D eigenvalue weighted by Crippen LogP contribution is 2.04. The number of rotatable bonds is 9. The van der Waals surface area contributed by atoms with Crippen LogP contribution in [0.25, 0.3) is 0 Å². The molecule has 0 aromatic rings. The van der Waals surface area contributed by atoms with Crippen LogP contribution in [-0.2, 0) is 0 Å². The van der Waals surface area contributed by atoms with Crippen molar-refractivity contribution < 1.29 is 4.92 Å². The van der Waals surface area contributed by atoms with Crippen LogP contribution >= 0.6 is 11.8 Å². The molecule has 0 bridgehead atoms. The van der Waals surface area contributed by atoms with Crippen LogP contribution in [0.1, 0.15) is 19.3 Å². The van der Waals surface area contributed by atoms with Gasteiger partial charge in [-0.3, -0.25) is 15.5 Å². The van der Waals surface area contributed by atoms with E-state index in [0.717, 1.165) is 31.2 Å². The molecule has 0 unspecified atom stereocenters. The third-order valence-electron chi connectivity index (χ3n) is 1.90. The fraction of sp³-hybridized carbons (Fsp3) is 0.667. The molecule has 0 aromatic heterocycles. The Morgan fingerprint density at radius 2 is 2.24 bits per heavy atom. The maximum Gasteiger partial charge on any atom is 0.274 e. The number of thioether (sulfide) groups is 1. The second-order valence-corrected chi connectivity index (χ2v) is 4.42. The summed E-state index contributed by atoms with van der Waals surface area (Å²) in [5.41, 5.74) is 5.19. The first-order valence-corrected chi connectivity index (χ1v) is 6.28. The molecule has 0 aliphatic carbocycles. The minimum atomic E-state index is -0.498. The number of nitrogens with one attached hydrogen (secondary N) is 3. The molecule has 0 saturated heterocycles. The third kappa shape index (κ3) is 10.8. The number of amidine groups is 1. The standard InChI is InChI=1S/C9H19N5O2S/c1-12-8(7-14(15)16)13-5-3-2-4-6-17-9(10)11/h7,12-13H,2-6H2,1H3,(H3,10,11). The molecular formula is C9H19N5O2S. The van der Waals surface area contributed by atoms with Crippen LogP contribution in [-0.4, -0.2) is 29.4 Å². The summed E-state index contributed by atoms with van der Waals surface area (Å²) in [4.78, 5) is 9.72. The monoisotopic (exact) mass is 261 g/mol. The highest BCUT2D eigenvalue weighted by molar-refractivity contribution is 8.13. The van der Waals surface area contributed by atoms with Gasteiger partial charge in [-0.05, 0) is 12.8 Å². The molecule has 0 fully saturated rings. The average Bonchev–Trinajstić information content (AvgIpc) is 2.25. The van der Waals surface area contributed by atoms with Gasteiger partial charge in [0.05, 0.1) is 4.92 Å². The summed E-state index contributed by atoms with van der Waals surface area (Å²) in [7, 11) is 1.63. The van der Waals surface area contributed by atoms with E-state index >= 15 is 0 Å². The molecule has 0 radical (unpaired) electrons.